The van der Waals surface area contributed by atoms with Crippen molar-refractivity contribution in [3.8, 4) is 0 Å². The fourth-order valence-electron chi connectivity index (χ4n) is 0.777. The monoisotopic (exact) mass is 174 g/mol. The number of hydrogen-bond donors (Lipinski definition) is 3. The molecular formula is C8H14O4. The zero-order valence-electron chi connectivity index (χ0n) is 6.81. The standard InChI is InChI=1S/C8H14O4/c9-6-2-4-7(10)3-1-5-8(11)12/h2,4,7,9-10H,1,3,5-6H2,(H,11,12)/b4-2+. The summed E-state index contributed by atoms with van der Waals surface area (Å²) in [4.78, 5) is 10.1. The minimum Gasteiger partial charge on any atom is -0.481 e. The molecule has 0 saturated heterocycles. The Morgan fingerprint density at radius 3 is 2.67 bits per heavy atom. The molecule has 0 aliphatic heterocycles. The number of aliphatic hydroxyl groups is 2. The average Bonchev–Trinajstić information content (AvgIpc) is 2.00. The molecule has 0 aliphatic carbocycles. The van der Waals surface area contributed by atoms with Crippen LogP contribution in [-0.2, 0) is 4.79 Å². The van der Waals surface area contributed by atoms with E-state index in [9.17, 15) is 4.79 Å². The molecule has 4 nitrogen and oxygen atoms in total. The lowest BCUT2D eigenvalue weighted by Crippen LogP contribution is -2.04. The summed E-state index contributed by atoms with van der Waals surface area (Å²) in [6.45, 7) is -0.101. The van der Waals surface area contributed by atoms with Gasteiger partial charge in [-0.25, -0.2) is 0 Å². The summed E-state index contributed by atoms with van der Waals surface area (Å²) in [7, 11) is 0. The maximum absolute atomic E-state index is 10.1. The van der Waals surface area contributed by atoms with E-state index in [0.29, 0.717) is 12.8 Å². The van der Waals surface area contributed by atoms with Gasteiger partial charge in [0, 0.05) is 6.42 Å². The molecule has 0 rings (SSSR count). The molecule has 0 heterocycles. The van der Waals surface area contributed by atoms with E-state index in [0.717, 1.165) is 0 Å². The van der Waals surface area contributed by atoms with Gasteiger partial charge in [-0.1, -0.05) is 12.2 Å². The third-order valence-electron chi connectivity index (χ3n) is 1.35. The van der Waals surface area contributed by atoms with E-state index in [1.54, 1.807) is 0 Å². The normalized spacial score (nSPS) is 13.5. The lowest BCUT2D eigenvalue weighted by atomic mass is 10.1. The molecule has 0 aromatic carbocycles. The largest absolute Gasteiger partial charge is 0.481 e. The molecule has 0 aromatic rings. The van der Waals surface area contributed by atoms with Gasteiger partial charge in [0.2, 0.25) is 0 Å². The Morgan fingerprint density at radius 1 is 1.50 bits per heavy atom. The van der Waals surface area contributed by atoms with Gasteiger partial charge in [0.1, 0.15) is 0 Å². The molecule has 70 valence electrons. The minimum absolute atomic E-state index is 0.0734. The van der Waals surface area contributed by atoms with Gasteiger partial charge in [-0.3, -0.25) is 4.79 Å². The predicted molar refractivity (Wildman–Crippen MR) is 43.7 cm³/mol. The molecular weight excluding hydrogens is 160 g/mol. The van der Waals surface area contributed by atoms with Crippen molar-refractivity contribution in [1.29, 1.82) is 0 Å². The van der Waals surface area contributed by atoms with Crippen LogP contribution in [-0.4, -0.2) is 34.0 Å². The summed E-state index contributed by atoms with van der Waals surface area (Å²) in [5.41, 5.74) is 0. The van der Waals surface area contributed by atoms with Crippen molar-refractivity contribution in [2.24, 2.45) is 0 Å². The van der Waals surface area contributed by atoms with Crippen LogP contribution in [0, 0.1) is 0 Å². The third kappa shape index (κ3) is 7.24. The van der Waals surface area contributed by atoms with Gasteiger partial charge in [-0.15, -0.1) is 0 Å². The number of rotatable bonds is 6. The topological polar surface area (TPSA) is 77.8 Å². The molecule has 3 N–H and O–H groups in total. The lowest BCUT2D eigenvalue weighted by molar-refractivity contribution is -0.137. The van der Waals surface area contributed by atoms with Crippen molar-refractivity contribution in [2.45, 2.75) is 25.4 Å². The first-order chi connectivity index (χ1) is 5.66. The number of aliphatic carboxylic acids is 1. The zero-order chi connectivity index (χ0) is 9.40. The summed E-state index contributed by atoms with van der Waals surface area (Å²) < 4.78 is 0. The average molecular weight is 174 g/mol. The molecule has 0 amide bonds. The molecule has 1 unspecified atom stereocenters. The Labute approximate surface area is 71.1 Å². The fraction of sp³-hybridized carbons (Fsp3) is 0.625. The Morgan fingerprint density at radius 2 is 2.17 bits per heavy atom. The van der Waals surface area contributed by atoms with Crippen molar-refractivity contribution >= 4 is 5.97 Å². The SMILES string of the molecule is O=C(O)CCCC(O)/C=C/CO. The molecule has 0 saturated carbocycles. The smallest absolute Gasteiger partial charge is 0.303 e. The molecule has 0 spiro atoms. The number of aliphatic hydroxyl groups excluding tert-OH is 2. The maximum Gasteiger partial charge on any atom is 0.303 e. The van der Waals surface area contributed by atoms with Gasteiger partial charge in [-0.05, 0) is 12.8 Å². The second kappa shape index (κ2) is 6.82. The molecule has 0 fully saturated rings. The molecule has 0 aromatic heterocycles. The quantitative estimate of drug-likeness (QED) is 0.501. The Bertz CT molecular complexity index is 153. The van der Waals surface area contributed by atoms with Crippen molar-refractivity contribution in [3.05, 3.63) is 12.2 Å². The van der Waals surface area contributed by atoms with Crippen LogP contribution in [0.4, 0.5) is 0 Å². The molecule has 1 atom stereocenters. The van der Waals surface area contributed by atoms with Crippen molar-refractivity contribution in [2.75, 3.05) is 6.61 Å². The summed E-state index contributed by atoms with van der Waals surface area (Å²) in [6, 6.07) is 0. The Kier molecular flexibility index (Phi) is 6.32. The van der Waals surface area contributed by atoms with Crippen LogP contribution in [0.5, 0.6) is 0 Å². The zero-order valence-corrected chi connectivity index (χ0v) is 6.81. The van der Waals surface area contributed by atoms with Gasteiger partial charge in [0.25, 0.3) is 0 Å². The van der Waals surface area contributed by atoms with Crippen LogP contribution in [0.1, 0.15) is 19.3 Å². The first-order valence-electron chi connectivity index (χ1n) is 3.84. The number of carboxylic acid groups (broad SMARTS) is 1. The van der Waals surface area contributed by atoms with E-state index < -0.39 is 12.1 Å². The van der Waals surface area contributed by atoms with Crippen molar-refractivity contribution in [3.63, 3.8) is 0 Å². The summed E-state index contributed by atoms with van der Waals surface area (Å²) in [5, 5.41) is 25.7. The summed E-state index contributed by atoms with van der Waals surface area (Å²) >= 11 is 0. The predicted octanol–water partition coefficient (Wildman–Crippen LogP) is 0.151. The minimum atomic E-state index is -0.853. The van der Waals surface area contributed by atoms with Gasteiger partial charge in [0.05, 0.1) is 12.7 Å². The maximum atomic E-state index is 10.1. The van der Waals surface area contributed by atoms with E-state index in [1.165, 1.54) is 12.2 Å². The molecule has 12 heavy (non-hydrogen) atoms. The van der Waals surface area contributed by atoms with Crippen LogP contribution in [0.3, 0.4) is 0 Å². The van der Waals surface area contributed by atoms with E-state index in [2.05, 4.69) is 0 Å². The highest BCUT2D eigenvalue weighted by atomic mass is 16.4. The molecule has 4 heteroatoms. The first kappa shape index (κ1) is 11.1. The van der Waals surface area contributed by atoms with Crippen molar-refractivity contribution < 1.29 is 20.1 Å². The van der Waals surface area contributed by atoms with E-state index in [1.807, 2.05) is 0 Å². The van der Waals surface area contributed by atoms with Gasteiger partial charge in [-0.2, -0.15) is 0 Å². The molecule has 0 radical (unpaired) electrons. The van der Waals surface area contributed by atoms with E-state index in [-0.39, 0.29) is 13.0 Å². The highest BCUT2D eigenvalue weighted by Crippen LogP contribution is 2.01. The number of carbonyl (C=O) groups is 1. The number of hydrogen-bond acceptors (Lipinski definition) is 3. The van der Waals surface area contributed by atoms with Gasteiger partial charge < -0.3 is 15.3 Å². The van der Waals surface area contributed by atoms with Crippen LogP contribution >= 0.6 is 0 Å². The van der Waals surface area contributed by atoms with Gasteiger partial charge in [0.15, 0.2) is 0 Å². The summed E-state index contributed by atoms with van der Waals surface area (Å²) in [6.07, 6.45) is 3.20. The Hall–Kier alpha value is -0.870. The first-order valence-corrected chi connectivity index (χ1v) is 3.84. The van der Waals surface area contributed by atoms with Crippen LogP contribution < -0.4 is 0 Å². The number of carboxylic acids is 1. The van der Waals surface area contributed by atoms with Crippen molar-refractivity contribution in [1.82, 2.24) is 0 Å². The Balaban J connectivity index is 3.37. The molecule has 0 aliphatic rings. The molecule has 0 bridgehead atoms. The fourth-order valence-corrected chi connectivity index (χ4v) is 0.777. The van der Waals surface area contributed by atoms with E-state index >= 15 is 0 Å². The second-order valence-electron chi connectivity index (χ2n) is 2.46. The third-order valence-corrected chi connectivity index (χ3v) is 1.35. The van der Waals surface area contributed by atoms with Crippen LogP contribution in [0.25, 0.3) is 0 Å². The highest BCUT2D eigenvalue weighted by Gasteiger charge is 2.01. The lowest BCUT2D eigenvalue weighted by Gasteiger charge is -2.02. The summed E-state index contributed by atoms with van der Waals surface area (Å²) in [5.74, 6) is -0.853. The highest BCUT2D eigenvalue weighted by molar-refractivity contribution is 5.66. The van der Waals surface area contributed by atoms with Crippen LogP contribution in [0.15, 0.2) is 12.2 Å². The second-order valence-corrected chi connectivity index (χ2v) is 2.46. The van der Waals surface area contributed by atoms with E-state index in [4.69, 9.17) is 15.3 Å². The van der Waals surface area contributed by atoms with Gasteiger partial charge >= 0.3 is 5.97 Å². The van der Waals surface area contributed by atoms with Crippen LogP contribution in [0.2, 0.25) is 0 Å².